The Balaban J connectivity index is 0.00000162. The number of guanidine groups is 1. The quantitative estimate of drug-likeness (QED) is 0.458. The molecule has 0 heterocycles. The minimum Gasteiger partial charge on any atom is -0.356 e. The summed E-state index contributed by atoms with van der Waals surface area (Å²) in [5.74, 6) is 1.00. The van der Waals surface area contributed by atoms with Crippen molar-refractivity contribution in [3.63, 3.8) is 0 Å². The van der Waals surface area contributed by atoms with Crippen molar-refractivity contribution in [3.8, 4) is 0 Å². The molecule has 2 saturated carbocycles. The second-order valence-corrected chi connectivity index (χ2v) is 6.07. The van der Waals surface area contributed by atoms with E-state index in [-0.39, 0.29) is 24.0 Å². The number of nitrogens with one attached hydrogen (secondary N) is 2. The Morgan fingerprint density at radius 3 is 2.33 bits per heavy atom. The predicted octanol–water partition coefficient (Wildman–Crippen LogP) is 3.29. The van der Waals surface area contributed by atoms with E-state index in [4.69, 9.17) is 0 Å². The zero-order chi connectivity index (χ0) is 12.1. The maximum absolute atomic E-state index is 4.34. The van der Waals surface area contributed by atoms with Crippen molar-refractivity contribution in [3.05, 3.63) is 0 Å². The van der Waals surface area contributed by atoms with Crippen LogP contribution in [0.2, 0.25) is 0 Å². The van der Waals surface area contributed by atoms with Gasteiger partial charge in [-0.2, -0.15) is 0 Å². The fourth-order valence-corrected chi connectivity index (χ4v) is 3.16. The van der Waals surface area contributed by atoms with Crippen molar-refractivity contribution in [1.29, 1.82) is 0 Å². The van der Waals surface area contributed by atoms with Crippen LogP contribution in [0.3, 0.4) is 0 Å². The third-order valence-corrected chi connectivity index (χ3v) is 4.41. The van der Waals surface area contributed by atoms with Gasteiger partial charge in [-0.05, 0) is 31.1 Å². The molecule has 2 fully saturated rings. The topological polar surface area (TPSA) is 36.4 Å². The van der Waals surface area contributed by atoms with E-state index in [2.05, 4.69) is 22.5 Å². The number of hydrogen-bond donors (Lipinski definition) is 2. The van der Waals surface area contributed by atoms with Crippen molar-refractivity contribution in [1.82, 2.24) is 10.6 Å². The highest BCUT2D eigenvalue weighted by molar-refractivity contribution is 14.0. The highest BCUT2D eigenvalue weighted by atomic mass is 127. The third kappa shape index (κ3) is 4.59. The minimum atomic E-state index is 0. The van der Waals surface area contributed by atoms with Gasteiger partial charge in [0.15, 0.2) is 5.96 Å². The van der Waals surface area contributed by atoms with Crippen LogP contribution in [0.15, 0.2) is 4.99 Å². The molecule has 0 atom stereocenters. The van der Waals surface area contributed by atoms with Crippen LogP contribution >= 0.6 is 24.0 Å². The van der Waals surface area contributed by atoms with E-state index in [1.807, 2.05) is 7.05 Å². The smallest absolute Gasteiger partial charge is 0.191 e. The van der Waals surface area contributed by atoms with Crippen LogP contribution in [0, 0.1) is 5.41 Å². The van der Waals surface area contributed by atoms with E-state index in [9.17, 15) is 0 Å². The first-order valence-corrected chi connectivity index (χ1v) is 7.19. The summed E-state index contributed by atoms with van der Waals surface area (Å²) in [6, 6.07) is 0.651. The molecule has 0 aliphatic heterocycles. The van der Waals surface area contributed by atoms with Gasteiger partial charge in [-0.15, -0.1) is 24.0 Å². The Bertz CT molecular complexity index is 266. The highest BCUT2D eigenvalue weighted by Crippen LogP contribution is 2.36. The lowest BCUT2D eigenvalue weighted by Gasteiger charge is -2.26. The van der Waals surface area contributed by atoms with Gasteiger partial charge in [-0.1, -0.05) is 32.6 Å². The van der Waals surface area contributed by atoms with Crippen LogP contribution < -0.4 is 10.6 Å². The van der Waals surface area contributed by atoms with Gasteiger partial charge in [0, 0.05) is 19.6 Å². The first kappa shape index (κ1) is 16.1. The first-order valence-electron chi connectivity index (χ1n) is 7.19. The second-order valence-electron chi connectivity index (χ2n) is 6.07. The summed E-state index contributed by atoms with van der Waals surface area (Å²) in [5, 5.41) is 7.06. The van der Waals surface area contributed by atoms with E-state index < -0.39 is 0 Å². The van der Waals surface area contributed by atoms with Crippen LogP contribution in [0.4, 0.5) is 0 Å². The molecule has 2 N–H and O–H groups in total. The van der Waals surface area contributed by atoms with Gasteiger partial charge in [-0.3, -0.25) is 4.99 Å². The lowest BCUT2D eigenvalue weighted by Crippen LogP contribution is -2.45. The Morgan fingerprint density at radius 2 is 1.78 bits per heavy atom. The zero-order valence-corrected chi connectivity index (χ0v) is 14.1. The number of hydrogen-bond acceptors (Lipinski definition) is 1. The van der Waals surface area contributed by atoms with Gasteiger partial charge in [0.25, 0.3) is 0 Å². The van der Waals surface area contributed by atoms with Gasteiger partial charge >= 0.3 is 0 Å². The molecule has 3 nitrogen and oxygen atoms in total. The molecule has 0 aromatic rings. The molecule has 0 spiro atoms. The molecule has 0 aromatic carbocycles. The Morgan fingerprint density at radius 1 is 1.17 bits per heavy atom. The second kappa shape index (κ2) is 7.56. The molecule has 18 heavy (non-hydrogen) atoms. The third-order valence-electron chi connectivity index (χ3n) is 4.41. The molecule has 0 saturated heterocycles. The van der Waals surface area contributed by atoms with Crippen molar-refractivity contribution >= 4 is 29.9 Å². The molecule has 0 amide bonds. The number of nitrogens with zero attached hydrogens (tertiary/aromatic N) is 1. The van der Waals surface area contributed by atoms with Crippen LogP contribution in [0.1, 0.15) is 58.3 Å². The summed E-state index contributed by atoms with van der Waals surface area (Å²) >= 11 is 0. The van der Waals surface area contributed by atoms with Crippen molar-refractivity contribution in [2.45, 2.75) is 64.3 Å². The fraction of sp³-hybridized carbons (Fsp3) is 0.929. The van der Waals surface area contributed by atoms with Crippen LogP contribution in [-0.2, 0) is 0 Å². The van der Waals surface area contributed by atoms with E-state index in [1.165, 1.54) is 51.4 Å². The van der Waals surface area contributed by atoms with Crippen LogP contribution in [0.25, 0.3) is 0 Å². The molecule has 0 aromatic heterocycles. The maximum atomic E-state index is 4.34. The van der Waals surface area contributed by atoms with E-state index in [0.717, 1.165) is 12.5 Å². The van der Waals surface area contributed by atoms with Gasteiger partial charge in [-0.25, -0.2) is 0 Å². The number of halogens is 1. The minimum absolute atomic E-state index is 0. The molecule has 2 rings (SSSR count). The molecule has 0 unspecified atom stereocenters. The summed E-state index contributed by atoms with van der Waals surface area (Å²) in [6.07, 6.45) is 10.9. The summed E-state index contributed by atoms with van der Waals surface area (Å²) in [5.41, 5.74) is 0.493. The molecular formula is C14H28IN3. The maximum Gasteiger partial charge on any atom is 0.191 e. The normalized spacial score (nSPS) is 23.8. The van der Waals surface area contributed by atoms with E-state index >= 15 is 0 Å². The van der Waals surface area contributed by atoms with Gasteiger partial charge in [0.1, 0.15) is 0 Å². The molecule has 0 bridgehead atoms. The highest BCUT2D eigenvalue weighted by Gasteiger charge is 2.28. The molecule has 2 aliphatic rings. The van der Waals surface area contributed by atoms with Crippen molar-refractivity contribution in [2.24, 2.45) is 10.4 Å². The Kier molecular flexibility index (Phi) is 6.74. The summed E-state index contributed by atoms with van der Waals surface area (Å²) in [4.78, 5) is 4.34. The molecule has 106 valence electrons. The summed E-state index contributed by atoms with van der Waals surface area (Å²) < 4.78 is 0. The number of rotatable bonds is 3. The van der Waals surface area contributed by atoms with Gasteiger partial charge in [0.2, 0.25) is 0 Å². The lowest BCUT2D eigenvalue weighted by molar-refractivity contribution is 0.333. The molecule has 0 radical (unpaired) electrons. The average Bonchev–Trinajstić information content (AvgIpc) is 2.96. The summed E-state index contributed by atoms with van der Waals surface area (Å²) in [7, 11) is 1.88. The number of aliphatic imine (C=N–C) groups is 1. The largest absolute Gasteiger partial charge is 0.356 e. The Labute approximate surface area is 129 Å². The monoisotopic (exact) mass is 365 g/mol. The first-order chi connectivity index (χ1) is 8.22. The van der Waals surface area contributed by atoms with Gasteiger partial charge in [0.05, 0.1) is 0 Å². The van der Waals surface area contributed by atoms with E-state index in [0.29, 0.717) is 11.5 Å². The zero-order valence-electron chi connectivity index (χ0n) is 11.8. The van der Waals surface area contributed by atoms with Crippen LogP contribution in [0.5, 0.6) is 0 Å². The van der Waals surface area contributed by atoms with Gasteiger partial charge < -0.3 is 10.6 Å². The Hall–Kier alpha value is 0. The lowest BCUT2D eigenvalue weighted by atomic mass is 9.89. The fourth-order valence-electron chi connectivity index (χ4n) is 3.16. The van der Waals surface area contributed by atoms with Crippen molar-refractivity contribution < 1.29 is 0 Å². The summed E-state index contributed by atoms with van der Waals surface area (Å²) in [6.45, 7) is 3.47. The predicted molar refractivity (Wildman–Crippen MR) is 88.7 cm³/mol. The van der Waals surface area contributed by atoms with Crippen LogP contribution in [-0.4, -0.2) is 25.6 Å². The van der Waals surface area contributed by atoms with E-state index in [1.54, 1.807) is 0 Å². The SMILES string of the molecule is CN=C(NCC1(C)CCCC1)NC1CCCC1.I. The standard InChI is InChI=1S/C14H27N3.HI/c1-14(9-5-6-10-14)11-16-13(15-2)17-12-7-3-4-8-12;/h12H,3-11H2,1-2H3,(H2,15,16,17);1H. The molecule has 2 aliphatic carbocycles. The van der Waals surface area contributed by atoms with Crippen molar-refractivity contribution in [2.75, 3.05) is 13.6 Å². The molecular weight excluding hydrogens is 337 g/mol. The average molecular weight is 365 g/mol. The molecule has 4 heteroatoms.